The lowest BCUT2D eigenvalue weighted by molar-refractivity contribution is 0.0371. The van der Waals surface area contributed by atoms with Crippen LogP contribution in [0, 0.1) is 5.82 Å². The molecule has 0 spiro atoms. The number of hydrogen-bond acceptors (Lipinski definition) is 3. The molecular formula is C12H14FNO2. The Balaban J connectivity index is 1.97. The number of ketones is 1. The molecule has 1 heterocycles. The van der Waals surface area contributed by atoms with Crippen molar-refractivity contribution in [2.45, 2.75) is 0 Å². The highest BCUT2D eigenvalue weighted by Crippen LogP contribution is 2.06. The highest BCUT2D eigenvalue weighted by atomic mass is 19.1. The molecule has 1 fully saturated rings. The Hall–Kier alpha value is -1.26. The van der Waals surface area contributed by atoms with Crippen molar-refractivity contribution in [3.05, 3.63) is 35.6 Å². The summed E-state index contributed by atoms with van der Waals surface area (Å²) in [4.78, 5) is 13.8. The van der Waals surface area contributed by atoms with Crippen LogP contribution in [-0.2, 0) is 4.74 Å². The van der Waals surface area contributed by atoms with Crippen molar-refractivity contribution >= 4 is 5.78 Å². The van der Waals surface area contributed by atoms with Crippen LogP contribution >= 0.6 is 0 Å². The molecule has 1 aromatic carbocycles. The van der Waals surface area contributed by atoms with Gasteiger partial charge in [-0.15, -0.1) is 0 Å². The predicted molar refractivity (Wildman–Crippen MR) is 58.0 cm³/mol. The number of rotatable bonds is 3. The average Bonchev–Trinajstić information content (AvgIpc) is 2.30. The minimum absolute atomic E-state index is 0.0404. The van der Waals surface area contributed by atoms with Gasteiger partial charge in [0.25, 0.3) is 0 Å². The summed E-state index contributed by atoms with van der Waals surface area (Å²) in [5, 5.41) is 0. The number of nitrogens with zero attached hydrogens (tertiary/aromatic N) is 1. The largest absolute Gasteiger partial charge is 0.379 e. The molecule has 86 valence electrons. The molecule has 0 amide bonds. The fourth-order valence-electron chi connectivity index (χ4n) is 1.72. The van der Waals surface area contributed by atoms with Crippen molar-refractivity contribution in [1.29, 1.82) is 0 Å². The molecule has 0 bridgehead atoms. The Morgan fingerprint density at radius 3 is 2.81 bits per heavy atom. The molecule has 16 heavy (non-hydrogen) atoms. The smallest absolute Gasteiger partial charge is 0.176 e. The lowest BCUT2D eigenvalue weighted by Crippen LogP contribution is -2.39. The number of hydrogen-bond donors (Lipinski definition) is 0. The van der Waals surface area contributed by atoms with Crippen LogP contribution in [0.5, 0.6) is 0 Å². The van der Waals surface area contributed by atoms with E-state index in [1.807, 2.05) is 4.90 Å². The van der Waals surface area contributed by atoms with Gasteiger partial charge in [0.15, 0.2) is 5.78 Å². The molecule has 1 aromatic rings. The molecule has 2 rings (SSSR count). The summed E-state index contributed by atoms with van der Waals surface area (Å²) in [6.45, 7) is 3.20. The summed E-state index contributed by atoms with van der Waals surface area (Å²) in [6, 6.07) is 5.82. The molecule has 1 aliphatic heterocycles. The third-order valence-corrected chi connectivity index (χ3v) is 2.62. The zero-order valence-corrected chi connectivity index (χ0v) is 8.99. The number of morpholine rings is 1. The number of halogens is 1. The van der Waals surface area contributed by atoms with Gasteiger partial charge in [0, 0.05) is 18.7 Å². The van der Waals surface area contributed by atoms with Crippen LogP contribution in [-0.4, -0.2) is 43.5 Å². The van der Waals surface area contributed by atoms with Gasteiger partial charge in [-0.05, 0) is 12.1 Å². The molecule has 0 aliphatic carbocycles. The third kappa shape index (κ3) is 2.87. The first-order valence-corrected chi connectivity index (χ1v) is 5.34. The molecule has 4 heteroatoms. The molecular weight excluding hydrogens is 209 g/mol. The number of carbonyl (C=O) groups is 1. The number of carbonyl (C=O) groups excluding carboxylic acids is 1. The zero-order chi connectivity index (χ0) is 11.4. The number of Topliss-reactive ketones (excluding diaryl/α,β-unsaturated/α-hetero) is 1. The SMILES string of the molecule is O=C(CN1CCOCC1)c1cccc(F)c1. The Kier molecular flexibility index (Phi) is 3.64. The van der Waals surface area contributed by atoms with Crippen LogP contribution in [0.4, 0.5) is 4.39 Å². The Labute approximate surface area is 93.8 Å². The van der Waals surface area contributed by atoms with Crippen molar-refractivity contribution in [1.82, 2.24) is 4.90 Å². The first-order valence-electron chi connectivity index (χ1n) is 5.34. The van der Waals surface area contributed by atoms with Crippen molar-refractivity contribution in [2.24, 2.45) is 0 Å². The van der Waals surface area contributed by atoms with Crippen molar-refractivity contribution in [3.8, 4) is 0 Å². The topological polar surface area (TPSA) is 29.5 Å². The van der Waals surface area contributed by atoms with Gasteiger partial charge >= 0.3 is 0 Å². The van der Waals surface area contributed by atoms with Gasteiger partial charge in [-0.25, -0.2) is 4.39 Å². The number of ether oxygens (including phenoxy) is 1. The van der Waals surface area contributed by atoms with E-state index >= 15 is 0 Å². The molecule has 3 nitrogen and oxygen atoms in total. The normalized spacial score (nSPS) is 17.3. The van der Waals surface area contributed by atoms with E-state index in [9.17, 15) is 9.18 Å². The van der Waals surface area contributed by atoms with Crippen LogP contribution in [0.25, 0.3) is 0 Å². The van der Waals surface area contributed by atoms with Crippen molar-refractivity contribution < 1.29 is 13.9 Å². The minimum Gasteiger partial charge on any atom is -0.379 e. The maximum Gasteiger partial charge on any atom is 0.176 e. The molecule has 0 N–H and O–H groups in total. The van der Waals surface area contributed by atoms with E-state index in [1.54, 1.807) is 12.1 Å². The molecule has 0 atom stereocenters. The minimum atomic E-state index is -0.368. The van der Waals surface area contributed by atoms with E-state index in [2.05, 4.69) is 0 Å². The average molecular weight is 223 g/mol. The zero-order valence-electron chi connectivity index (χ0n) is 8.99. The lowest BCUT2D eigenvalue weighted by Gasteiger charge is -2.25. The molecule has 0 unspecified atom stereocenters. The predicted octanol–water partition coefficient (Wildman–Crippen LogP) is 1.34. The van der Waals surface area contributed by atoms with Gasteiger partial charge < -0.3 is 4.74 Å². The third-order valence-electron chi connectivity index (χ3n) is 2.62. The van der Waals surface area contributed by atoms with E-state index in [0.717, 1.165) is 13.1 Å². The van der Waals surface area contributed by atoms with Crippen LogP contribution < -0.4 is 0 Å². The Bertz CT molecular complexity index is 375. The van der Waals surface area contributed by atoms with Gasteiger partial charge in [-0.2, -0.15) is 0 Å². The van der Waals surface area contributed by atoms with Crippen molar-refractivity contribution in [3.63, 3.8) is 0 Å². The van der Waals surface area contributed by atoms with E-state index in [1.165, 1.54) is 12.1 Å². The number of benzene rings is 1. The van der Waals surface area contributed by atoms with E-state index in [-0.39, 0.29) is 11.6 Å². The van der Waals surface area contributed by atoms with Gasteiger partial charge in [0.05, 0.1) is 19.8 Å². The monoisotopic (exact) mass is 223 g/mol. The second-order valence-electron chi connectivity index (χ2n) is 3.82. The fraction of sp³-hybridized carbons (Fsp3) is 0.417. The van der Waals surface area contributed by atoms with Gasteiger partial charge in [0.1, 0.15) is 5.82 Å². The molecule has 1 aliphatic rings. The second kappa shape index (κ2) is 5.18. The highest BCUT2D eigenvalue weighted by Gasteiger charge is 2.15. The summed E-state index contributed by atoms with van der Waals surface area (Å²) in [5.74, 6) is -0.408. The molecule has 0 aromatic heterocycles. The maximum atomic E-state index is 12.9. The first-order chi connectivity index (χ1) is 7.75. The van der Waals surface area contributed by atoms with Crippen LogP contribution in [0.1, 0.15) is 10.4 Å². The fourth-order valence-corrected chi connectivity index (χ4v) is 1.72. The van der Waals surface area contributed by atoms with Crippen LogP contribution in [0.2, 0.25) is 0 Å². The van der Waals surface area contributed by atoms with Crippen LogP contribution in [0.3, 0.4) is 0 Å². The van der Waals surface area contributed by atoms with Gasteiger partial charge in [0.2, 0.25) is 0 Å². The molecule has 0 saturated carbocycles. The van der Waals surface area contributed by atoms with E-state index < -0.39 is 0 Å². The highest BCUT2D eigenvalue weighted by molar-refractivity contribution is 5.97. The summed E-state index contributed by atoms with van der Waals surface area (Å²) < 4.78 is 18.1. The lowest BCUT2D eigenvalue weighted by atomic mass is 10.1. The first kappa shape index (κ1) is 11.2. The summed E-state index contributed by atoms with van der Waals surface area (Å²) in [5.41, 5.74) is 0.437. The quantitative estimate of drug-likeness (QED) is 0.724. The van der Waals surface area contributed by atoms with Crippen LogP contribution in [0.15, 0.2) is 24.3 Å². The molecule has 1 saturated heterocycles. The Morgan fingerprint density at radius 1 is 1.38 bits per heavy atom. The van der Waals surface area contributed by atoms with Gasteiger partial charge in [-0.3, -0.25) is 9.69 Å². The van der Waals surface area contributed by atoms with Gasteiger partial charge in [-0.1, -0.05) is 12.1 Å². The van der Waals surface area contributed by atoms with E-state index in [4.69, 9.17) is 4.74 Å². The van der Waals surface area contributed by atoms with E-state index in [0.29, 0.717) is 25.3 Å². The second-order valence-corrected chi connectivity index (χ2v) is 3.82. The van der Waals surface area contributed by atoms with Crippen molar-refractivity contribution in [2.75, 3.05) is 32.8 Å². The summed E-state index contributed by atoms with van der Waals surface area (Å²) >= 11 is 0. The summed E-state index contributed by atoms with van der Waals surface area (Å²) in [6.07, 6.45) is 0. The Morgan fingerprint density at radius 2 is 2.12 bits per heavy atom. The maximum absolute atomic E-state index is 12.9. The standard InChI is InChI=1S/C12H14FNO2/c13-11-3-1-2-10(8-11)12(15)9-14-4-6-16-7-5-14/h1-3,8H,4-7,9H2. The molecule has 0 radical (unpaired) electrons. The summed E-state index contributed by atoms with van der Waals surface area (Å²) in [7, 11) is 0.